The summed E-state index contributed by atoms with van der Waals surface area (Å²) in [6, 6.07) is 0. The van der Waals surface area contributed by atoms with E-state index >= 15 is 0 Å². The normalized spacial score (nSPS) is 18.5. The Labute approximate surface area is 109 Å². The molecular weight excluding hydrogens is 232 g/mol. The first-order chi connectivity index (χ1) is 8.52. The van der Waals surface area contributed by atoms with Crippen molar-refractivity contribution in [1.82, 2.24) is 0 Å². The molecule has 1 saturated carbocycles. The molecule has 0 saturated heterocycles. The van der Waals surface area contributed by atoms with Gasteiger partial charge in [0.05, 0.1) is 6.61 Å². The largest absolute Gasteiger partial charge is 0.465 e. The van der Waals surface area contributed by atoms with Crippen LogP contribution in [0, 0.1) is 17.8 Å². The summed E-state index contributed by atoms with van der Waals surface area (Å²) >= 11 is 0. The number of hydrogen-bond donors (Lipinski definition) is 0. The van der Waals surface area contributed by atoms with E-state index in [1.165, 1.54) is 0 Å². The summed E-state index contributed by atoms with van der Waals surface area (Å²) in [4.78, 5) is 24.3. The minimum Gasteiger partial charge on any atom is -0.465 e. The first-order valence-electron chi connectivity index (χ1n) is 6.84. The molecule has 2 atom stereocenters. The summed E-state index contributed by atoms with van der Waals surface area (Å²) < 4.78 is 10.5. The van der Waals surface area contributed by atoms with Gasteiger partial charge in [-0.2, -0.15) is 0 Å². The molecule has 1 rings (SSSR count). The van der Waals surface area contributed by atoms with E-state index in [9.17, 15) is 9.59 Å². The third-order valence-corrected chi connectivity index (χ3v) is 3.19. The number of carbonyl (C=O) groups excluding carboxylic acids is 2. The second-order valence-corrected chi connectivity index (χ2v) is 5.09. The molecule has 1 fully saturated rings. The Balaban J connectivity index is 2.76. The maximum atomic E-state index is 12.4. The number of ketones is 1. The molecule has 0 aromatic heterocycles. The highest BCUT2D eigenvalue weighted by Gasteiger charge is 2.43. The Bertz CT molecular complexity index is 294. The number of Topliss-reactive ketones (excluding diaryl/α,β-unsaturated/α-hetero) is 1. The van der Waals surface area contributed by atoms with Crippen LogP contribution in [0.5, 0.6) is 0 Å². The summed E-state index contributed by atoms with van der Waals surface area (Å²) in [7, 11) is 0. The summed E-state index contributed by atoms with van der Waals surface area (Å²) in [5.74, 6) is -0.968. The number of esters is 1. The van der Waals surface area contributed by atoms with Crippen LogP contribution in [0.1, 0.15) is 40.5 Å². The van der Waals surface area contributed by atoms with Crippen LogP contribution in [0.2, 0.25) is 0 Å². The monoisotopic (exact) mass is 256 g/mol. The van der Waals surface area contributed by atoms with Gasteiger partial charge in [0.25, 0.3) is 0 Å². The van der Waals surface area contributed by atoms with Crippen LogP contribution in [0.3, 0.4) is 0 Å². The molecule has 2 unspecified atom stereocenters. The highest BCUT2D eigenvalue weighted by atomic mass is 16.5. The summed E-state index contributed by atoms with van der Waals surface area (Å²) in [5.41, 5.74) is 0. The molecule has 1 aliphatic carbocycles. The maximum absolute atomic E-state index is 12.4. The summed E-state index contributed by atoms with van der Waals surface area (Å²) in [6.07, 6.45) is 1.61. The second-order valence-electron chi connectivity index (χ2n) is 5.09. The smallest absolute Gasteiger partial charge is 0.316 e. The molecule has 0 bridgehead atoms. The van der Waals surface area contributed by atoms with E-state index in [0.717, 1.165) is 12.8 Å². The average molecular weight is 256 g/mol. The summed E-state index contributed by atoms with van der Waals surface area (Å²) in [6.45, 7) is 8.17. The minimum atomic E-state index is -0.693. The summed E-state index contributed by atoms with van der Waals surface area (Å²) in [5, 5.41) is 0. The van der Waals surface area contributed by atoms with Crippen LogP contribution in [-0.4, -0.2) is 31.1 Å². The van der Waals surface area contributed by atoms with E-state index in [-0.39, 0.29) is 11.7 Å². The van der Waals surface area contributed by atoms with Crippen LogP contribution >= 0.6 is 0 Å². The second kappa shape index (κ2) is 6.88. The van der Waals surface area contributed by atoms with Gasteiger partial charge in [-0.15, -0.1) is 0 Å². The van der Waals surface area contributed by atoms with E-state index in [1.807, 2.05) is 20.8 Å². The minimum absolute atomic E-state index is 0.0572. The Kier molecular flexibility index (Phi) is 5.79. The lowest BCUT2D eigenvalue weighted by Crippen LogP contribution is -2.40. The van der Waals surface area contributed by atoms with E-state index in [0.29, 0.717) is 19.1 Å². The average Bonchev–Trinajstić information content (AvgIpc) is 3.09. The van der Waals surface area contributed by atoms with Gasteiger partial charge in [-0.05, 0) is 38.5 Å². The van der Waals surface area contributed by atoms with Crippen molar-refractivity contribution in [1.29, 1.82) is 0 Å². The van der Waals surface area contributed by atoms with Crippen molar-refractivity contribution in [2.24, 2.45) is 17.8 Å². The number of hydrogen-bond acceptors (Lipinski definition) is 4. The molecule has 4 heteroatoms. The Hall–Kier alpha value is -0.900. The van der Waals surface area contributed by atoms with Gasteiger partial charge in [-0.25, -0.2) is 0 Å². The fourth-order valence-electron chi connectivity index (χ4n) is 2.15. The van der Waals surface area contributed by atoms with Crippen molar-refractivity contribution in [3.63, 3.8) is 0 Å². The lowest BCUT2D eigenvalue weighted by Gasteiger charge is -2.23. The maximum Gasteiger partial charge on any atom is 0.316 e. The molecule has 1 aliphatic rings. The number of carbonyl (C=O) groups is 2. The van der Waals surface area contributed by atoms with E-state index in [2.05, 4.69) is 0 Å². The molecule has 0 spiro atoms. The molecule has 0 amide bonds. The van der Waals surface area contributed by atoms with Crippen molar-refractivity contribution in [3.8, 4) is 0 Å². The predicted octanol–water partition coefficient (Wildman–Crippen LogP) is 2.21. The van der Waals surface area contributed by atoms with Gasteiger partial charge in [-0.1, -0.05) is 13.8 Å². The third kappa shape index (κ3) is 3.80. The van der Waals surface area contributed by atoms with Gasteiger partial charge < -0.3 is 9.47 Å². The van der Waals surface area contributed by atoms with E-state index in [4.69, 9.17) is 9.47 Å². The number of rotatable bonds is 8. The molecule has 0 aromatic carbocycles. The molecule has 0 aliphatic heterocycles. The van der Waals surface area contributed by atoms with Crippen LogP contribution in [0.15, 0.2) is 0 Å². The van der Waals surface area contributed by atoms with Crippen LogP contribution in [0.4, 0.5) is 0 Å². The van der Waals surface area contributed by atoms with Crippen LogP contribution in [0.25, 0.3) is 0 Å². The molecule has 0 aromatic rings. The molecule has 4 nitrogen and oxygen atoms in total. The van der Waals surface area contributed by atoms with Gasteiger partial charge in [0.2, 0.25) is 0 Å². The topological polar surface area (TPSA) is 52.6 Å². The molecule has 18 heavy (non-hydrogen) atoms. The van der Waals surface area contributed by atoms with Gasteiger partial charge >= 0.3 is 5.97 Å². The highest BCUT2D eigenvalue weighted by molar-refractivity contribution is 6.01. The lowest BCUT2D eigenvalue weighted by atomic mass is 9.87. The first kappa shape index (κ1) is 15.2. The van der Waals surface area contributed by atoms with Gasteiger partial charge in [-0.3, -0.25) is 9.59 Å². The quantitative estimate of drug-likeness (QED) is 0.493. The van der Waals surface area contributed by atoms with Crippen molar-refractivity contribution < 1.29 is 19.1 Å². The van der Waals surface area contributed by atoms with Gasteiger partial charge in [0.15, 0.2) is 5.78 Å². The fraction of sp³-hybridized carbons (Fsp3) is 0.857. The predicted molar refractivity (Wildman–Crippen MR) is 68.1 cm³/mol. The Morgan fingerprint density at radius 2 is 1.78 bits per heavy atom. The lowest BCUT2D eigenvalue weighted by molar-refractivity contribution is -0.157. The van der Waals surface area contributed by atoms with E-state index < -0.39 is 18.0 Å². The molecule has 104 valence electrons. The zero-order valence-electron chi connectivity index (χ0n) is 11.8. The fourth-order valence-corrected chi connectivity index (χ4v) is 2.15. The first-order valence-corrected chi connectivity index (χ1v) is 6.84. The molecule has 0 heterocycles. The SMILES string of the molecule is CCOC(=O)C(C(=O)C(OCC)C1CC1)C(C)C. The van der Waals surface area contributed by atoms with Crippen molar-refractivity contribution in [2.45, 2.75) is 46.6 Å². The zero-order valence-corrected chi connectivity index (χ0v) is 11.8. The van der Waals surface area contributed by atoms with Gasteiger partial charge in [0, 0.05) is 6.61 Å². The van der Waals surface area contributed by atoms with Crippen molar-refractivity contribution in [3.05, 3.63) is 0 Å². The van der Waals surface area contributed by atoms with Crippen molar-refractivity contribution >= 4 is 11.8 Å². The number of ether oxygens (including phenoxy) is 2. The molecular formula is C14H24O4. The standard InChI is InChI=1S/C14H24O4/c1-5-17-13(10-7-8-10)12(15)11(9(3)4)14(16)18-6-2/h9-11,13H,5-8H2,1-4H3. The van der Waals surface area contributed by atoms with Gasteiger partial charge in [0.1, 0.15) is 12.0 Å². The van der Waals surface area contributed by atoms with Crippen LogP contribution in [-0.2, 0) is 19.1 Å². The zero-order chi connectivity index (χ0) is 13.7. The van der Waals surface area contributed by atoms with Crippen molar-refractivity contribution in [2.75, 3.05) is 13.2 Å². The Morgan fingerprint density at radius 3 is 2.17 bits per heavy atom. The Morgan fingerprint density at radius 1 is 1.17 bits per heavy atom. The third-order valence-electron chi connectivity index (χ3n) is 3.19. The highest BCUT2D eigenvalue weighted by Crippen LogP contribution is 2.36. The van der Waals surface area contributed by atoms with Crippen LogP contribution < -0.4 is 0 Å². The molecule has 0 N–H and O–H groups in total. The van der Waals surface area contributed by atoms with E-state index in [1.54, 1.807) is 6.92 Å². The molecule has 0 radical (unpaired) electrons.